The Morgan fingerprint density at radius 2 is 1.71 bits per heavy atom. The SMILES string of the molecule is O=C(Nc1ccc(Nc2ccnc3c2=C2CCCCC2C(=O)N=3)cc1)c1ccccc1. The van der Waals surface area contributed by atoms with Crippen molar-refractivity contribution >= 4 is 34.4 Å². The van der Waals surface area contributed by atoms with Gasteiger partial charge in [0.15, 0.2) is 5.49 Å². The number of fused-ring (bicyclic) bond motifs is 2. The van der Waals surface area contributed by atoms with Gasteiger partial charge < -0.3 is 10.6 Å². The number of carbonyl (C=O) groups excluding carboxylic acids is 2. The maximum Gasteiger partial charge on any atom is 0.255 e. The molecule has 2 aromatic carbocycles. The molecule has 0 bridgehead atoms. The van der Waals surface area contributed by atoms with E-state index < -0.39 is 0 Å². The first-order valence-corrected chi connectivity index (χ1v) is 10.5. The van der Waals surface area contributed by atoms with Crippen molar-refractivity contribution in [3.8, 4) is 0 Å². The van der Waals surface area contributed by atoms with Crippen molar-refractivity contribution in [2.24, 2.45) is 10.9 Å². The van der Waals surface area contributed by atoms with E-state index in [9.17, 15) is 9.59 Å². The Labute approximate surface area is 179 Å². The summed E-state index contributed by atoms with van der Waals surface area (Å²) in [6.45, 7) is 0. The van der Waals surface area contributed by atoms with E-state index in [-0.39, 0.29) is 17.7 Å². The summed E-state index contributed by atoms with van der Waals surface area (Å²) >= 11 is 0. The predicted molar refractivity (Wildman–Crippen MR) is 120 cm³/mol. The number of nitrogens with zero attached hydrogens (tertiary/aromatic N) is 2. The number of nitrogens with one attached hydrogen (secondary N) is 2. The van der Waals surface area contributed by atoms with E-state index in [4.69, 9.17) is 0 Å². The van der Waals surface area contributed by atoms with Crippen LogP contribution in [0.3, 0.4) is 0 Å². The van der Waals surface area contributed by atoms with E-state index in [1.807, 2.05) is 48.5 Å². The smallest absolute Gasteiger partial charge is 0.255 e. The monoisotopic (exact) mass is 410 g/mol. The summed E-state index contributed by atoms with van der Waals surface area (Å²) in [7, 11) is 0. The maximum atomic E-state index is 12.4. The van der Waals surface area contributed by atoms with Gasteiger partial charge in [-0.15, -0.1) is 0 Å². The summed E-state index contributed by atoms with van der Waals surface area (Å²) in [5.41, 5.74) is 4.79. The lowest BCUT2D eigenvalue weighted by Gasteiger charge is -2.25. The highest BCUT2D eigenvalue weighted by Gasteiger charge is 2.30. The Morgan fingerprint density at radius 3 is 2.52 bits per heavy atom. The first kappa shape index (κ1) is 19.2. The minimum absolute atomic E-state index is 0.0645. The first-order chi connectivity index (χ1) is 15.2. The fourth-order valence-electron chi connectivity index (χ4n) is 4.31. The van der Waals surface area contributed by atoms with Gasteiger partial charge in [0.05, 0.1) is 11.6 Å². The van der Waals surface area contributed by atoms with Crippen molar-refractivity contribution in [1.82, 2.24) is 4.98 Å². The molecule has 2 heterocycles. The number of amides is 2. The van der Waals surface area contributed by atoms with E-state index in [0.29, 0.717) is 11.1 Å². The second-order valence-electron chi connectivity index (χ2n) is 7.85. The molecule has 1 saturated carbocycles. The fourth-order valence-corrected chi connectivity index (χ4v) is 4.31. The topological polar surface area (TPSA) is 83.5 Å². The van der Waals surface area contributed by atoms with Crippen LogP contribution in [0.1, 0.15) is 36.0 Å². The van der Waals surface area contributed by atoms with E-state index in [0.717, 1.165) is 53.5 Å². The minimum atomic E-state index is -0.143. The van der Waals surface area contributed by atoms with Gasteiger partial charge in [0.1, 0.15) is 0 Å². The summed E-state index contributed by atoms with van der Waals surface area (Å²) in [5.74, 6) is -0.317. The van der Waals surface area contributed by atoms with Gasteiger partial charge in [-0.2, -0.15) is 4.99 Å². The molecule has 3 aromatic rings. The fraction of sp³-hybridized carbons (Fsp3) is 0.200. The predicted octanol–water partition coefficient (Wildman–Crippen LogP) is 3.58. The number of hydrogen-bond donors (Lipinski definition) is 2. The van der Waals surface area contributed by atoms with E-state index in [1.54, 1.807) is 18.3 Å². The highest BCUT2D eigenvalue weighted by atomic mass is 16.2. The number of pyridine rings is 1. The number of benzene rings is 2. The van der Waals surface area contributed by atoms with Gasteiger partial charge in [-0.3, -0.25) is 9.59 Å². The molecule has 0 saturated heterocycles. The van der Waals surface area contributed by atoms with Gasteiger partial charge in [-0.25, -0.2) is 4.98 Å². The number of hydrogen-bond acceptors (Lipinski definition) is 4. The molecule has 0 spiro atoms. The summed E-state index contributed by atoms with van der Waals surface area (Å²) in [4.78, 5) is 33.3. The molecule has 2 amide bonds. The lowest BCUT2D eigenvalue weighted by Crippen LogP contribution is -2.41. The van der Waals surface area contributed by atoms with E-state index in [1.165, 1.54) is 0 Å². The third kappa shape index (κ3) is 3.84. The Bertz CT molecular complexity index is 1270. The molecule has 1 atom stereocenters. The molecule has 5 rings (SSSR count). The van der Waals surface area contributed by atoms with E-state index >= 15 is 0 Å². The zero-order chi connectivity index (χ0) is 21.2. The molecule has 0 radical (unpaired) electrons. The number of aromatic nitrogens is 1. The molecule has 1 aliphatic carbocycles. The molecular formula is C25H22N4O2. The van der Waals surface area contributed by atoms with Crippen LogP contribution in [0.25, 0.3) is 5.57 Å². The molecule has 2 aliphatic rings. The van der Waals surface area contributed by atoms with Crippen LogP contribution in [0.2, 0.25) is 0 Å². The third-order valence-corrected chi connectivity index (χ3v) is 5.83. The van der Waals surface area contributed by atoms with Crippen molar-refractivity contribution in [2.75, 3.05) is 10.6 Å². The summed E-state index contributed by atoms with van der Waals surface area (Å²) in [5, 5.41) is 7.32. The Balaban J connectivity index is 1.41. The quantitative estimate of drug-likeness (QED) is 0.689. The van der Waals surface area contributed by atoms with Crippen LogP contribution in [0.4, 0.5) is 17.1 Å². The highest BCUT2D eigenvalue weighted by Crippen LogP contribution is 2.32. The zero-order valence-corrected chi connectivity index (χ0v) is 17.0. The van der Waals surface area contributed by atoms with Crippen LogP contribution in [0.15, 0.2) is 71.9 Å². The second-order valence-corrected chi connectivity index (χ2v) is 7.85. The molecule has 1 unspecified atom stereocenters. The van der Waals surface area contributed by atoms with Crippen molar-refractivity contribution in [1.29, 1.82) is 0 Å². The standard InChI is InChI=1S/C25H22N4O2/c30-24(16-6-2-1-3-7-16)28-18-12-10-17(11-13-18)27-21-14-15-26-23-22(21)19-8-4-5-9-20(19)25(31)29-23/h1-3,6-7,10-15,20,27H,4-5,8-9H2,(H,28,30). The normalized spacial score (nSPS) is 17.2. The number of rotatable bonds is 4. The molecule has 2 N–H and O–H groups in total. The third-order valence-electron chi connectivity index (χ3n) is 5.83. The van der Waals surface area contributed by atoms with Gasteiger partial charge >= 0.3 is 0 Å². The molecular weight excluding hydrogens is 388 g/mol. The van der Waals surface area contributed by atoms with Crippen LogP contribution in [-0.2, 0) is 4.79 Å². The van der Waals surface area contributed by atoms with Crippen LogP contribution in [0.5, 0.6) is 0 Å². The van der Waals surface area contributed by atoms with Gasteiger partial charge in [-0.1, -0.05) is 24.6 Å². The van der Waals surface area contributed by atoms with Crippen LogP contribution in [0, 0.1) is 5.92 Å². The summed E-state index contributed by atoms with van der Waals surface area (Å²) in [6.07, 6.45) is 5.59. The molecule has 1 fully saturated rings. The maximum absolute atomic E-state index is 12.4. The average molecular weight is 410 g/mol. The van der Waals surface area contributed by atoms with Crippen LogP contribution in [-0.4, -0.2) is 16.8 Å². The Hall–Kier alpha value is -3.80. The first-order valence-electron chi connectivity index (χ1n) is 10.5. The van der Waals surface area contributed by atoms with Gasteiger partial charge in [0.25, 0.3) is 11.8 Å². The Kier molecular flexibility index (Phi) is 5.04. The van der Waals surface area contributed by atoms with Crippen LogP contribution < -0.4 is 21.3 Å². The van der Waals surface area contributed by atoms with Crippen molar-refractivity contribution < 1.29 is 9.59 Å². The van der Waals surface area contributed by atoms with Crippen molar-refractivity contribution in [3.05, 3.63) is 83.1 Å². The van der Waals surface area contributed by atoms with Crippen molar-refractivity contribution in [3.63, 3.8) is 0 Å². The van der Waals surface area contributed by atoms with E-state index in [2.05, 4.69) is 20.6 Å². The van der Waals surface area contributed by atoms with Crippen molar-refractivity contribution in [2.45, 2.75) is 25.7 Å². The second kappa shape index (κ2) is 8.14. The molecule has 31 heavy (non-hydrogen) atoms. The molecule has 1 aliphatic heterocycles. The number of carbonyl (C=O) groups is 2. The lowest BCUT2D eigenvalue weighted by atomic mass is 9.81. The minimum Gasteiger partial charge on any atom is -0.355 e. The average Bonchev–Trinajstić information content (AvgIpc) is 2.81. The van der Waals surface area contributed by atoms with Gasteiger partial charge in [0, 0.05) is 28.4 Å². The molecule has 154 valence electrons. The molecule has 6 heteroatoms. The zero-order valence-electron chi connectivity index (χ0n) is 17.0. The number of anilines is 3. The molecule has 1 aromatic heterocycles. The van der Waals surface area contributed by atoms with Gasteiger partial charge in [0.2, 0.25) is 0 Å². The Morgan fingerprint density at radius 1 is 0.935 bits per heavy atom. The van der Waals surface area contributed by atoms with Gasteiger partial charge in [-0.05, 0) is 67.3 Å². The summed E-state index contributed by atoms with van der Waals surface area (Å²) in [6, 6.07) is 18.6. The highest BCUT2D eigenvalue weighted by molar-refractivity contribution is 6.04. The summed E-state index contributed by atoms with van der Waals surface area (Å²) < 4.78 is 0. The van der Waals surface area contributed by atoms with Crippen LogP contribution >= 0.6 is 0 Å². The lowest BCUT2D eigenvalue weighted by molar-refractivity contribution is -0.120. The molecule has 6 nitrogen and oxygen atoms in total. The largest absolute Gasteiger partial charge is 0.355 e.